The summed E-state index contributed by atoms with van der Waals surface area (Å²) >= 11 is 0. The minimum atomic E-state index is -0.811. The van der Waals surface area contributed by atoms with E-state index in [0.717, 1.165) is 0 Å². The lowest BCUT2D eigenvalue weighted by Gasteiger charge is -1.97. The molecule has 1 aliphatic rings. The number of ketones is 1. The van der Waals surface area contributed by atoms with Crippen LogP contribution in [0, 0.1) is 0 Å². The van der Waals surface area contributed by atoms with Gasteiger partial charge in [-0.3, -0.25) is 4.79 Å². The molecule has 0 bridgehead atoms. The molecular formula is C11H8O4. The van der Waals surface area contributed by atoms with E-state index in [0.29, 0.717) is 11.1 Å². The molecule has 0 saturated heterocycles. The highest BCUT2D eigenvalue weighted by Crippen LogP contribution is 2.31. The van der Waals surface area contributed by atoms with E-state index in [9.17, 15) is 14.7 Å². The van der Waals surface area contributed by atoms with Crippen molar-refractivity contribution in [1.29, 1.82) is 0 Å². The first-order valence-corrected chi connectivity index (χ1v) is 4.32. The summed E-state index contributed by atoms with van der Waals surface area (Å²) < 4.78 is 4.43. The van der Waals surface area contributed by atoms with E-state index in [4.69, 9.17) is 0 Å². The molecule has 1 aliphatic carbocycles. The Morgan fingerprint density at radius 3 is 2.40 bits per heavy atom. The van der Waals surface area contributed by atoms with E-state index in [-0.39, 0.29) is 11.3 Å². The zero-order valence-corrected chi connectivity index (χ0v) is 7.98. The van der Waals surface area contributed by atoms with Crippen LogP contribution in [0.1, 0.15) is 15.9 Å². The number of aliphatic hydroxyl groups is 1. The number of ether oxygens (including phenoxy) is 1. The quantitative estimate of drug-likeness (QED) is 0.553. The molecule has 2 rings (SSSR count). The highest BCUT2D eigenvalue weighted by atomic mass is 16.5. The van der Waals surface area contributed by atoms with Crippen LogP contribution in [0.25, 0.3) is 5.76 Å². The average Bonchev–Trinajstić information content (AvgIpc) is 2.52. The van der Waals surface area contributed by atoms with E-state index in [1.54, 1.807) is 24.3 Å². The fourth-order valence-electron chi connectivity index (χ4n) is 1.56. The van der Waals surface area contributed by atoms with Crippen LogP contribution in [0.2, 0.25) is 0 Å². The maximum Gasteiger partial charge on any atom is 0.345 e. The molecule has 0 heterocycles. The summed E-state index contributed by atoms with van der Waals surface area (Å²) in [6.45, 7) is 0. The molecule has 0 atom stereocenters. The first-order chi connectivity index (χ1) is 7.16. The third-order valence-electron chi connectivity index (χ3n) is 2.28. The molecule has 1 N–H and O–H groups in total. The van der Waals surface area contributed by atoms with Crippen molar-refractivity contribution in [1.82, 2.24) is 0 Å². The van der Waals surface area contributed by atoms with Crippen LogP contribution in [0.15, 0.2) is 29.8 Å². The topological polar surface area (TPSA) is 63.6 Å². The van der Waals surface area contributed by atoms with Crippen molar-refractivity contribution in [3.63, 3.8) is 0 Å². The molecule has 0 amide bonds. The lowest BCUT2D eigenvalue weighted by molar-refractivity contribution is -0.135. The lowest BCUT2D eigenvalue weighted by atomic mass is 10.1. The third kappa shape index (κ3) is 1.22. The number of benzene rings is 1. The number of Topliss-reactive ketones (excluding diaryl/α,β-unsaturated/α-hetero) is 1. The fraction of sp³-hybridized carbons (Fsp3) is 0.0909. The zero-order chi connectivity index (χ0) is 11.0. The Labute approximate surface area is 85.8 Å². The van der Waals surface area contributed by atoms with Crippen LogP contribution in [-0.2, 0) is 9.53 Å². The van der Waals surface area contributed by atoms with Gasteiger partial charge >= 0.3 is 5.97 Å². The Bertz CT molecular complexity index is 485. The fourth-order valence-corrected chi connectivity index (χ4v) is 1.56. The van der Waals surface area contributed by atoms with Crippen molar-refractivity contribution in [3.8, 4) is 0 Å². The maximum atomic E-state index is 11.7. The van der Waals surface area contributed by atoms with Crippen molar-refractivity contribution in [2.75, 3.05) is 7.11 Å². The van der Waals surface area contributed by atoms with Gasteiger partial charge in [-0.15, -0.1) is 0 Å². The predicted molar refractivity (Wildman–Crippen MR) is 52.3 cm³/mol. The van der Waals surface area contributed by atoms with E-state index >= 15 is 0 Å². The number of hydrogen-bond donors (Lipinski definition) is 1. The Hall–Kier alpha value is -2.10. The second-order valence-electron chi connectivity index (χ2n) is 3.09. The van der Waals surface area contributed by atoms with Crippen LogP contribution < -0.4 is 0 Å². The second-order valence-corrected chi connectivity index (χ2v) is 3.09. The Morgan fingerprint density at radius 2 is 1.87 bits per heavy atom. The molecule has 0 fully saturated rings. The molecule has 15 heavy (non-hydrogen) atoms. The lowest BCUT2D eigenvalue weighted by Crippen LogP contribution is -2.11. The van der Waals surface area contributed by atoms with Crippen LogP contribution >= 0.6 is 0 Å². The molecule has 4 heteroatoms. The van der Waals surface area contributed by atoms with Crippen molar-refractivity contribution < 1.29 is 19.4 Å². The summed E-state index contributed by atoms with van der Waals surface area (Å²) in [7, 11) is 1.17. The van der Waals surface area contributed by atoms with Crippen LogP contribution in [0.4, 0.5) is 0 Å². The standard InChI is InChI=1S/C11H8O4/c1-15-11(14)8-9(12)6-4-2-3-5-7(6)10(8)13/h2-5,12H,1H3. The molecular weight excluding hydrogens is 196 g/mol. The van der Waals surface area contributed by atoms with Gasteiger partial charge in [-0.25, -0.2) is 4.79 Å². The minimum Gasteiger partial charge on any atom is -0.506 e. The number of methoxy groups -OCH3 is 1. The van der Waals surface area contributed by atoms with E-state index in [1.165, 1.54) is 7.11 Å². The van der Waals surface area contributed by atoms with Gasteiger partial charge in [0.1, 0.15) is 11.3 Å². The highest BCUT2D eigenvalue weighted by molar-refractivity contribution is 6.32. The molecule has 0 unspecified atom stereocenters. The molecule has 0 saturated carbocycles. The minimum absolute atomic E-state index is 0.293. The van der Waals surface area contributed by atoms with Crippen molar-refractivity contribution in [3.05, 3.63) is 41.0 Å². The van der Waals surface area contributed by atoms with Crippen molar-refractivity contribution >= 4 is 17.5 Å². The summed E-state index contributed by atoms with van der Waals surface area (Å²) in [5.74, 6) is -1.61. The van der Waals surface area contributed by atoms with Gasteiger partial charge in [0.05, 0.1) is 7.11 Å². The van der Waals surface area contributed by atoms with Gasteiger partial charge in [0.25, 0.3) is 0 Å². The number of aliphatic hydroxyl groups excluding tert-OH is 1. The van der Waals surface area contributed by atoms with Gasteiger partial charge in [0.2, 0.25) is 5.78 Å². The maximum absolute atomic E-state index is 11.7. The largest absolute Gasteiger partial charge is 0.506 e. The molecule has 0 radical (unpaired) electrons. The number of fused-ring (bicyclic) bond motifs is 1. The van der Waals surface area contributed by atoms with Gasteiger partial charge < -0.3 is 9.84 Å². The summed E-state index contributed by atoms with van der Waals surface area (Å²) in [5.41, 5.74) is 0.414. The van der Waals surface area contributed by atoms with Gasteiger partial charge in [0.15, 0.2) is 0 Å². The first kappa shape index (κ1) is 9.45. The molecule has 1 aromatic carbocycles. The summed E-state index contributed by atoms with van der Waals surface area (Å²) in [4.78, 5) is 22.9. The molecule has 76 valence electrons. The molecule has 4 nitrogen and oxygen atoms in total. The second kappa shape index (κ2) is 3.24. The molecule has 1 aromatic rings. The van der Waals surface area contributed by atoms with Gasteiger partial charge in [0, 0.05) is 11.1 Å². The molecule has 0 aromatic heterocycles. The molecule has 0 spiro atoms. The summed E-state index contributed by atoms with van der Waals surface area (Å²) in [5, 5.41) is 9.67. The highest BCUT2D eigenvalue weighted by Gasteiger charge is 2.34. The smallest absolute Gasteiger partial charge is 0.345 e. The Kier molecular flexibility index (Phi) is 2.04. The average molecular weight is 204 g/mol. The summed E-state index contributed by atoms with van der Waals surface area (Å²) in [6.07, 6.45) is 0. The van der Waals surface area contributed by atoms with Crippen molar-refractivity contribution in [2.24, 2.45) is 0 Å². The first-order valence-electron chi connectivity index (χ1n) is 4.32. The zero-order valence-electron chi connectivity index (χ0n) is 7.98. The third-order valence-corrected chi connectivity index (χ3v) is 2.28. The number of carbonyl (C=O) groups excluding carboxylic acids is 2. The van der Waals surface area contributed by atoms with Gasteiger partial charge in [-0.1, -0.05) is 24.3 Å². The van der Waals surface area contributed by atoms with E-state index in [1.807, 2.05) is 0 Å². The van der Waals surface area contributed by atoms with E-state index in [2.05, 4.69) is 4.74 Å². The normalized spacial score (nSPS) is 14.1. The summed E-state index contributed by atoms with van der Waals surface area (Å²) in [6, 6.07) is 6.50. The van der Waals surface area contributed by atoms with E-state index < -0.39 is 11.8 Å². The number of rotatable bonds is 1. The predicted octanol–water partition coefficient (Wildman–Crippen LogP) is 1.32. The number of esters is 1. The van der Waals surface area contributed by atoms with Crippen LogP contribution in [0.3, 0.4) is 0 Å². The van der Waals surface area contributed by atoms with Crippen LogP contribution in [-0.4, -0.2) is 24.0 Å². The van der Waals surface area contributed by atoms with Crippen LogP contribution in [0.5, 0.6) is 0 Å². The van der Waals surface area contributed by atoms with Gasteiger partial charge in [-0.05, 0) is 0 Å². The number of carbonyl (C=O) groups is 2. The Balaban J connectivity index is 2.60. The number of hydrogen-bond acceptors (Lipinski definition) is 4. The Morgan fingerprint density at radius 1 is 1.27 bits per heavy atom. The van der Waals surface area contributed by atoms with Gasteiger partial charge in [-0.2, -0.15) is 0 Å². The van der Waals surface area contributed by atoms with Crippen molar-refractivity contribution in [2.45, 2.75) is 0 Å². The SMILES string of the molecule is COC(=O)C1=C(O)c2ccccc2C1=O. The monoisotopic (exact) mass is 204 g/mol. The molecule has 0 aliphatic heterocycles.